The molecule has 178 valence electrons. The molecule has 2 aliphatic rings. The molecule has 6 nitrogen and oxygen atoms in total. The van der Waals surface area contributed by atoms with Crippen LogP contribution in [-0.4, -0.2) is 48.3 Å². The minimum atomic E-state index is -0.0445. The first kappa shape index (κ1) is 22.9. The predicted molar refractivity (Wildman–Crippen MR) is 133 cm³/mol. The lowest BCUT2D eigenvalue weighted by atomic mass is 10.0. The number of halogens is 1. The van der Waals surface area contributed by atoms with Crippen LogP contribution in [0.15, 0.2) is 59.1 Å². The number of rotatable bonds is 7. The van der Waals surface area contributed by atoms with E-state index >= 15 is 0 Å². The van der Waals surface area contributed by atoms with Gasteiger partial charge < -0.3 is 19.1 Å². The van der Waals surface area contributed by atoms with E-state index in [-0.39, 0.29) is 12.0 Å². The zero-order chi connectivity index (χ0) is 23.3. The fourth-order valence-electron chi connectivity index (χ4n) is 4.83. The summed E-state index contributed by atoms with van der Waals surface area (Å²) < 4.78 is 11.9. The van der Waals surface area contributed by atoms with Gasteiger partial charge in [-0.2, -0.15) is 0 Å². The van der Waals surface area contributed by atoms with Gasteiger partial charge in [0.2, 0.25) is 5.88 Å². The summed E-state index contributed by atoms with van der Waals surface area (Å²) >= 11 is 6.07. The molecule has 0 unspecified atom stereocenters. The number of ether oxygens (including phenoxy) is 1. The van der Waals surface area contributed by atoms with Crippen LogP contribution in [0.1, 0.15) is 48.0 Å². The van der Waals surface area contributed by atoms with Gasteiger partial charge in [-0.1, -0.05) is 47.1 Å². The summed E-state index contributed by atoms with van der Waals surface area (Å²) in [6.07, 6.45) is 5.50. The summed E-state index contributed by atoms with van der Waals surface area (Å²) in [5.74, 6) is 0.733. The highest BCUT2D eigenvalue weighted by Gasteiger charge is 2.29. The number of amides is 1. The van der Waals surface area contributed by atoms with Gasteiger partial charge in [0.15, 0.2) is 0 Å². The molecule has 1 aromatic heterocycles. The average molecular weight is 480 g/mol. The monoisotopic (exact) mass is 479 g/mol. The van der Waals surface area contributed by atoms with Gasteiger partial charge in [0.1, 0.15) is 5.69 Å². The molecule has 7 heteroatoms. The fourth-order valence-corrected chi connectivity index (χ4v) is 4.96. The van der Waals surface area contributed by atoms with Crippen molar-refractivity contribution in [3.05, 3.63) is 70.7 Å². The van der Waals surface area contributed by atoms with Crippen LogP contribution in [0, 0.1) is 0 Å². The Morgan fingerprint density at radius 2 is 1.79 bits per heavy atom. The van der Waals surface area contributed by atoms with Crippen molar-refractivity contribution in [1.29, 1.82) is 0 Å². The largest absolute Gasteiger partial charge is 0.376 e. The Balaban J connectivity index is 1.51. The fraction of sp³-hybridized carbons (Fsp3) is 0.407. The van der Waals surface area contributed by atoms with Gasteiger partial charge in [-0.05, 0) is 56.4 Å². The highest BCUT2D eigenvalue weighted by molar-refractivity contribution is 6.30. The smallest absolute Gasteiger partial charge is 0.254 e. The summed E-state index contributed by atoms with van der Waals surface area (Å²) in [4.78, 5) is 17.8. The lowest BCUT2D eigenvalue weighted by Crippen LogP contribution is -2.38. The van der Waals surface area contributed by atoms with Crippen molar-refractivity contribution in [3.63, 3.8) is 0 Å². The van der Waals surface area contributed by atoms with E-state index in [4.69, 9.17) is 20.9 Å². The Hall–Kier alpha value is -2.83. The molecule has 1 amide bonds. The van der Waals surface area contributed by atoms with Gasteiger partial charge >= 0.3 is 0 Å². The summed E-state index contributed by atoms with van der Waals surface area (Å²) in [6, 6.07) is 17.1. The maximum atomic E-state index is 13.7. The quantitative estimate of drug-likeness (QED) is 0.428. The first-order chi connectivity index (χ1) is 16.7. The first-order valence-corrected chi connectivity index (χ1v) is 12.5. The molecule has 2 aliphatic heterocycles. The average Bonchev–Trinajstić information content (AvgIpc) is 3.55. The standard InChI is InChI=1S/C27H30ClN3O3/c28-22-13-11-21(12-14-22)26(32)31(18-23-10-7-17-33-23)19-24-25(20-8-3-1-4-9-20)29-34-27(24)30-15-5-2-6-16-30/h1,3-4,8-9,11-14,23H,2,5-7,10,15-19H2/t23-/m1/s1. The summed E-state index contributed by atoms with van der Waals surface area (Å²) in [5.41, 5.74) is 3.34. The zero-order valence-electron chi connectivity index (χ0n) is 19.3. The number of hydrogen-bond acceptors (Lipinski definition) is 5. The number of hydrogen-bond donors (Lipinski definition) is 0. The van der Waals surface area contributed by atoms with Gasteiger partial charge in [-0.3, -0.25) is 4.79 Å². The molecule has 0 spiro atoms. The van der Waals surface area contributed by atoms with Gasteiger partial charge in [-0.25, -0.2) is 0 Å². The normalized spacial score (nSPS) is 18.3. The molecular weight excluding hydrogens is 450 g/mol. The highest BCUT2D eigenvalue weighted by atomic mass is 35.5. The molecule has 2 aromatic carbocycles. The Kier molecular flexibility index (Phi) is 7.16. The molecule has 0 bridgehead atoms. The lowest BCUT2D eigenvalue weighted by molar-refractivity contribution is 0.0507. The molecule has 0 N–H and O–H groups in total. The van der Waals surface area contributed by atoms with Crippen molar-refractivity contribution in [1.82, 2.24) is 10.1 Å². The molecular formula is C27H30ClN3O3. The number of carbonyl (C=O) groups excluding carboxylic acids is 1. The summed E-state index contributed by atoms with van der Waals surface area (Å²) in [5, 5.41) is 5.10. The van der Waals surface area contributed by atoms with Crippen LogP contribution in [0.3, 0.4) is 0 Å². The number of piperidine rings is 1. The van der Waals surface area contributed by atoms with Gasteiger partial charge in [-0.15, -0.1) is 0 Å². The van der Waals surface area contributed by atoms with E-state index in [9.17, 15) is 4.79 Å². The highest BCUT2D eigenvalue weighted by Crippen LogP contribution is 2.34. The molecule has 34 heavy (non-hydrogen) atoms. The lowest BCUT2D eigenvalue weighted by Gasteiger charge is -2.29. The second-order valence-corrected chi connectivity index (χ2v) is 9.49. The Morgan fingerprint density at radius 3 is 2.50 bits per heavy atom. The van der Waals surface area contributed by atoms with Crippen molar-refractivity contribution in [2.45, 2.75) is 44.8 Å². The van der Waals surface area contributed by atoms with Crippen LogP contribution in [0.2, 0.25) is 5.02 Å². The van der Waals surface area contributed by atoms with Crippen LogP contribution in [0.4, 0.5) is 5.88 Å². The van der Waals surface area contributed by atoms with Gasteiger partial charge in [0.05, 0.1) is 18.2 Å². The summed E-state index contributed by atoms with van der Waals surface area (Å²) in [6.45, 7) is 3.55. The van der Waals surface area contributed by atoms with Gasteiger partial charge in [0.25, 0.3) is 5.91 Å². The third-order valence-corrected chi connectivity index (χ3v) is 6.89. The van der Waals surface area contributed by atoms with Crippen molar-refractivity contribution in [2.75, 3.05) is 31.1 Å². The van der Waals surface area contributed by atoms with Crippen LogP contribution in [0.25, 0.3) is 11.3 Å². The molecule has 1 atom stereocenters. The third kappa shape index (κ3) is 5.13. The minimum absolute atomic E-state index is 0.0368. The molecule has 5 rings (SSSR count). The predicted octanol–water partition coefficient (Wildman–Crippen LogP) is 5.81. The Bertz CT molecular complexity index is 1090. The maximum absolute atomic E-state index is 13.7. The van der Waals surface area contributed by atoms with Crippen LogP contribution in [0.5, 0.6) is 0 Å². The number of nitrogens with zero attached hydrogens (tertiary/aromatic N) is 3. The van der Waals surface area contributed by atoms with Crippen LogP contribution >= 0.6 is 11.6 Å². The molecule has 2 saturated heterocycles. The van der Waals surface area contributed by atoms with E-state index in [2.05, 4.69) is 10.1 Å². The van der Waals surface area contributed by atoms with E-state index in [1.54, 1.807) is 24.3 Å². The third-order valence-electron chi connectivity index (χ3n) is 6.63. The zero-order valence-corrected chi connectivity index (χ0v) is 20.0. The molecule has 0 saturated carbocycles. The first-order valence-electron chi connectivity index (χ1n) is 12.1. The second-order valence-electron chi connectivity index (χ2n) is 9.06. The number of anilines is 1. The molecule has 2 fully saturated rings. The van der Waals surface area contributed by atoms with Crippen molar-refractivity contribution >= 4 is 23.4 Å². The minimum Gasteiger partial charge on any atom is -0.376 e. The van der Waals surface area contributed by atoms with Crippen molar-refractivity contribution < 1.29 is 14.1 Å². The molecule has 0 radical (unpaired) electrons. The van der Waals surface area contributed by atoms with Gasteiger partial charge in [0, 0.05) is 42.4 Å². The Labute approximate surface area is 205 Å². The Morgan fingerprint density at radius 1 is 1.03 bits per heavy atom. The van der Waals surface area contributed by atoms with E-state index in [0.717, 1.165) is 68.1 Å². The van der Waals surface area contributed by atoms with E-state index in [1.807, 2.05) is 35.2 Å². The topological polar surface area (TPSA) is 58.8 Å². The molecule has 0 aliphatic carbocycles. The molecule has 3 heterocycles. The van der Waals surface area contributed by atoms with Crippen LogP contribution in [-0.2, 0) is 11.3 Å². The van der Waals surface area contributed by atoms with E-state index < -0.39 is 0 Å². The molecule has 3 aromatic rings. The van der Waals surface area contributed by atoms with E-state index in [1.165, 1.54) is 6.42 Å². The summed E-state index contributed by atoms with van der Waals surface area (Å²) in [7, 11) is 0. The van der Waals surface area contributed by atoms with Crippen molar-refractivity contribution in [2.24, 2.45) is 0 Å². The number of benzene rings is 2. The van der Waals surface area contributed by atoms with Crippen LogP contribution < -0.4 is 4.90 Å². The maximum Gasteiger partial charge on any atom is 0.254 e. The number of carbonyl (C=O) groups is 1. The number of aromatic nitrogens is 1. The SMILES string of the molecule is O=C(c1ccc(Cl)cc1)N(Cc1c(-c2ccccc2)noc1N1CCCCC1)C[C@H]1CCCO1. The van der Waals surface area contributed by atoms with E-state index in [0.29, 0.717) is 23.7 Å². The second kappa shape index (κ2) is 10.6. The van der Waals surface area contributed by atoms with Crippen molar-refractivity contribution in [3.8, 4) is 11.3 Å².